The predicted molar refractivity (Wildman–Crippen MR) is 107 cm³/mol. The lowest BCUT2D eigenvalue weighted by Gasteiger charge is -2.13. The Labute approximate surface area is 163 Å². The zero-order chi connectivity index (χ0) is 19.7. The van der Waals surface area contributed by atoms with Crippen LogP contribution < -0.4 is 19.5 Å². The van der Waals surface area contributed by atoms with Crippen LogP contribution in [0.2, 0.25) is 0 Å². The molecule has 1 amide bonds. The number of hydrogen-bond acceptors (Lipinski definition) is 5. The van der Waals surface area contributed by atoms with Gasteiger partial charge in [-0.1, -0.05) is 0 Å². The number of furan rings is 1. The van der Waals surface area contributed by atoms with Crippen molar-refractivity contribution in [1.29, 1.82) is 0 Å². The number of fused-ring (bicyclic) bond motifs is 2. The lowest BCUT2D eigenvalue weighted by Crippen LogP contribution is -2.15. The first kappa shape index (κ1) is 18.2. The first-order valence-corrected chi connectivity index (χ1v) is 9.37. The zero-order valence-electron chi connectivity index (χ0n) is 16.2. The molecule has 0 saturated carbocycles. The van der Waals surface area contributed by atoms with Crippen LogP contribution in [0.15, 0.2) is 41.0 Å². The highest BCUT2D eigenvalue weighted by Crippen LogP contribution is 2.38. The molecule has 28 heavy (non-hydrogen) atoms. The van der Waals surface area contributed by atoms with E-state index in [9.17, 15) is 4.79 Å². The Kier molecular flexibility index (Phi) is 4.86. The molecule has 1 atom stereocenters. The maximum Gasteiger partial charge on any atom is 0.229 e. The third-order valence-electron chi connectivity index (χ3n) is 4.79. The van der Waals surface area contributed by atoms with Gasteiger partial charge in [0.15, 0.2) is 0 Å². The fourth-order valence-electron chi connectivity index (χ4n) is 3.51. The molecule has 0 spiro atoms. The predicted octanol–water partition coefficient (Wildman–Crippen LogP) is 4.34. The van der Waals surface area contributed by atoms with Crippen molar-refractivity contribution in [3.8, 4) is 17.2 Å². The van der Waals surface area contributed by atoms with Crippen molar-refractivity contribution in [3.05, 3.63) is 47.7 Å². The highest BCUT2D eigenvalue weighted by Gasteiger charge is 2.23. The second kappa shape index (κ2) is 7.46. The Hall–Kier alpha value is -3.15. The maximum absolute atomic E-state index is 12.7. The van der Waals surface area contributed by atoms with E-state index in [4.69, 9.17) is 18.6 Å². The van der Waals surface area contributed by atoms with Gasteiger partial charge in [-0.15, -0.1) is 0 Å². The van der Waals surface area contributed by atoms with Gasteiger partial charge in [0.25, 0.3) is 0 Å². The number of carbonyl (C=O) groups is 1. The molecule has 2 heterocycles. The number of rotatable bonds is 6. The summed E-state index contributed by atoms with van der Waals surface area (Å²) in [4.78, 5) is 12.7. The summed E-state index contributed by atoms with van der Waals surface area (Å²) < 4.78 is 22.3. The van der Waals surface area contributed by atoms with Crippen molar-refractivity contribution < 1.29 is 23.4 Å². The Morgan fingerprint density at radius 2 is 2.14 bits per heavy atom. The second-order valence-corrected chi connectivity index (χ2v) is 6.87. The van der Waals surface area contributed by atoms with Gasteiger partial charge < -0.3 is 23.9 Å². The van der Waals surface area contributed by atoms with Gasteiger partial charge in [-0.25, -0.2) is 0 Å². The standard InChI is InChI=1S/C22H23NO5/c1-4-26-21-8-14-7-13(2)28-19(14)11-18(21)23-22(24)9-15-12-27-20-10-16(25-3)5-6-17(15)20/h5-6,8,10-13H,4,7,9H2,1-3H3,(H,23,24)/t13-/m1/s1. The summed E-state index contributed by atoms with van der Waals surface area (Å²) >= 11 is 0. The van der Waals surface area contributed by atoms with E-state index >= 15 is 0 Å². The molecule has 0 unspecified atom stereocenters. The van der Waals surface area contributed by atoms with Gasteiger partial charge >= 0.3 is 0 Å². The average molecular weight is 381 g/mol. The van der Waals surface area contributed by atoms with E-state index < -0.39 is 0 Å². The third-order valence-corrected chi connectivity index (χ3v) is 4.79. The molecule has 0 aliphatic carbocycles. The quantitative estimate of drug-likeness (QED) is 0.688. The average Bonchev–Trinajstić information content (AvgIpc) is 3.23. The van der Waals surface area contributed by atoms with E-state index in [-0.39, 0.29) is 18.4 Å². The first-order valence-electron chi connectivity index (χ1n) is 9.37. The minimum absolute atomic E-state index is 0.129. The smallest absolute Gasteiger partial charge is 0.229 e. The van der Waals surface area contributed by atoms with Crippen molar-refractivity contribution in [2.75, 3.05) is 19.0 Å². The fourth-order valence-corrected chi connectivity index (χ4v) is 3.51. The molecule has 1 aliphatic rings. The Balaban J connectivity index is 1.55. The largest absolute Gasteiger partial charge is 0.497 e. The van der Waals surface area contributed by atoms with E-state index in [0.29, 0.717) is 29.4 Å². The van der Waals surface area contributed by atoms with Gasteiger partial charge in [-0.2, -0.15) is 0 Å². The summed E-state index contributed by atoms with van der Waals surface area (Å²) in [5, 5.41) is 3.85. The molecule has 0 radical (unpaired) electrons. The molecule has 0 fully saturated rings. The Morgan fingerprint density at radius 3 is 2.93 bits per heavy atom. The summed E-state index contributed by atoms with van der Waals surface area (Å²) in [6.07, 6.45) is 2.78. The number of anilines is 1. The van der Waals surface area contributed by atoms with Crippen LogP contribution in [-0.2, 0) is 17.6 Å². The van der Waals surface area contributed by atoms with Crippen LogP contribution in [0, 0.1) is 0 Å². The molecule has 2 aromatic carbocycles. The van der Waals surface area contributed by atoms with E-state index in [1.54, 1.807) is 13.4 Å². The molecular weight excluding hydrogens is 358 g/mol. The van der Waals surface area contributed by atoms with Gasteiger partial charge in [0.2, 0.25) is 5.91 Å². The lowest BCUT2D eigenvalue weighted by molar-refractivity contribution is -0.115. The third kappa shape index (κ3) is 3.50. The minimum atomic E-state index is -0.148. The van der Waals surface area contributed by atoms with E-state index in [1.807, 2.05) is 44.2 Å². The molecule has 6 heteroatoms. The van der Waals surface area contributed by atoms with Gasteiger partial charge in [0, 0.05) is 35.1 Å². The topological polar surface area (TPSA) is 69.9 Å². The number of methoxy groups -OCH3 is 1. The number of hydrogen-bond donors (Lipinski definition) is 1. The summed E-state index contributed by atoms with van der Waals surface area (Å²) in [7, 11) is 1.61. The highest BCUT2D eigenvalue weighted by atomic mass is 16.5. The first-order chi connectivity index (χ1) is 13.6. The van der Waals surface area contributed by atoms with Crippen LogP contribution in [0.1, 0.15) is 25.0 Å². The molecule has 1 aromatic heterocycles. The number of carbonyl (C=O) groups excluding carboxylic acids is 1. The molecule has 146 valence electrons. The SMILES string of the molecule is CCOc1cc2c(cc1NC(=O)Cc1coc3cc(OC)ccc13)O[C@H](C)C2. The molecule has 1 aliphatic heterocycles. The van der Waals surface area contributed by atoms with Gasteiger partial charge in [0.1, 0.15) is 28.9 Å². The van der Waals surface area contributed by atoms with Crippen LogP contribution >= 0.6 is 0 Å². The molecular formula is C22H23NO5. The number of ether oxygens (including phenoxy) is 3. The summed E-state index contributed by atoms with van der Waals surface area (Å²) in [6, 6.07) is 9.36. The fraction of sp³-hybridized carbons (Fsp3) is 0.318. The van der Waals surface area contributed by atoms with Crippen molar-refractivity contribution in [1.82, 2.24) is 0 Å². The minimum Gasteiger partial charge on any atom is -0.497 e. The van der Waals surface area contributed by atoms with Crippen molar-refractivity contribution in [2.24, 2.45) is 0 Å². The monoisotopic (exact) mass is 381 g/mol. The van der Waals surface area contributed by atoms with Crippen molar-refractivity contribution in [2.45, 2.75) is 32.8 Å². The maximum atomic E-state index is 12.7. The van der Waals surface area contributed by atoms with E-state index in [1.165, 1.54) is 0 Å². The number of nitrogens with one attached hydrogen (secondary N) is 1. The van der Waals surface area contributed by atoms with E-state index in [2.05, 4.69) is 5.32 Å². The van der Waals surface area contributed by atoms with Crippen molar-refractivity contribution >= 4 is 22.6 Å². The van der Waals surface area contributed by atoms with Crippen LogP contribution in [0.3, 0.4) is 0 Å². The number of benzene rings is 2. The van der Waals surface area contributed by atoms with E-state index in [0.717, 1.165) is 28.7 Å². The Bertz CT molecular complexity index is 1020. The molecule has 0 saturated heterocycles. The summed E-state index contributed by atoms with van der Waals surface area (Å²) in [5.74, 6) is 2.03. The Morgan fingerprint density at radius 1 is 1.29 bits per heavy atom. The van der Waals surface area contributed by atoms with Crippen LogP contribution in [0.25, 0.3) is 11.0 Å². The summed E-state index contributed by atoms with van der Waals surface area (Å²) in [6.45, 7) is 4.47. The number of amides is 1. The molecule has 1 N–H and O–H groups in total. The van der Waals surface area contributed by atoms with Crippen LogP contribution in [0.4, 0.5) is 5.69 Å². The summed E-state index contributed by atoms with van der Waals surface area (Å²) in [5.41, 5.74) is 3.23. The zero-order valence-corrected chi connectivity index (χ0v) is 16.2. The molecule has 6 nitrogen and oxygen atoms in total. The van der Waals surface area contributed by atoms with Crippen molar-refractivity contribution in [3.63, 3.8) is 0 Å². The molecule has 3 aromatic rings. The van der Waals surface area contributed by atoms with Gasteiger partial charge in [-0.05, 0) is 32.0 Å². The highest BCUT2D eigenvalue weighted by molar-refractivity contribution is 5.96. The second-order valence-electron chi connectivity index (χ2n) is 6.87. The molecule has 0 bridgehead atoms. The molecule has 4 rings (SSSR count). The lowest BCUT2D eigenvalue weighted by atomic mass is 10.1. The van der Waals surface area contributed by atoms with Gasteiger partial charge in [0.05, 0.1) is 32.1 Å². The van der Waals surface area contributed by atoms with Gasteiger partial charge in [-0.3, -0.25) is 4.79 Å². The van der Waals surface area contributed by atoms with Crippen LogP contribution in [0.5, 0.6) is 17.2 Å². The van der Waals surface area contributed by atoms with Crippen LogP contribution in [-0.4, -0.2) is 25.7 Å². The normalized spacial score (nSPS) is 15.2.